The Labute approximate surface area is 97.0 Å². The molecule has 0 saturated carbocycles. The number of aliphatic hydroxyl groups is 1. The van der Waals surface area contributed by atoms with E-state index in [1.165, 1.54) is 23.8 Å². The van der Waals surface area contributed by atoms with E-state index in [9.17, 15) is 14.7 Å². The predicted octanol–water partition coefficient (Wildman–Crippen LogP) is -0.519. The summed E-state index contributed by atoms with van der Waals surface area (Å²) < 4.78 is 6.53. The molecule has 2 N–H and O–H groups in total. The molecule has 1 saturated heterocycles. The van der Waals surface area contributed by atoms with Gasteiger partial charge in [0.1, 0.15) is 12.0 Å². The van der Waals surface area contributed by atoms with E-state index in [1.54, 1.807) is 0 Å². The normalized spacial score (nSPS) is 23.6. The van der Waals surface area contributed by atoms with Crippen molar-refractivity contribution in [2.45, 2.75) is 25.7 Å². The first-order valence-electron chi connectivity index (χ1n) is 5.22. The number of rotatable bonds is 2. The smallest absolute Gasteiger partial charge is 0.351 e. The second-order valence-corrected chi connectivity index (χ2v) is 3.86. The van der Waals surface area contributed by atoms with Crippen LogP contribution in [0.15, 0.2) is 17.1 Å². The van der Waals surface area contributed by atoms with E-state index in [0.717, 1.165) is 0 Å². The zero-order valence-electron chi connectivity index (χ0n) is 9.29. The molecule has 1 amide bonds. The topological polar surface area (TPSA) is 93.5 Å². The van der Waals surface area contributed by atoms with Gasteiger partial charge in [-0.1, -0.05) is 0 Å². The molecule has 2 heterocycles. The van der Waals surface area contributed by atoms with E-state index < -0.39 is 18.0 Å². The van der Waals surface area contributed by atoms with Gasteiger partial charge in [0.15, 0.2) is 0 Å². The number of aromatic nitrogens is 2. The van der Waals surface area contributed by atoms with E-state index in [4.69, 9.17) is 4.74 Å². The van der Waals surface area contributed by atoms with Crippen molar-refractivity contribution in [2.75, 3.05) is 11.9 Å². The lowest BCUT2D eigenvalue weighted by molar-refractivity contribution is -0.114. The van der Waals surface area contributed by atoms with Crippen molar-refractivity contribution in [3.8, 4) is 0 Å². The molecule has 1 fully saturated rings. The molecule has 2 rings (SSSR count). The number of carbonyl (C=O) groups is 1. The molecule has 7 heteroatoms. The number of carbonyl (C=O) groups excluding carboxylic acids is 1. The maximum Gasteiger partial charge on any atom is 0.351 e. The minimum Gasteiger partial charge on any atom is -0.391 e. The van der Waals surface area contributed by atoms with Gasteiger partial charge in [-0.25, -0.2) is 4.79 Å². The number of hydrogen-bond acceptors (Lipinski definition) is 5. The van der Waals surface area contributed by atoms with Gasteiger partial charge >= 0.3 is 5.69 Å². The second-order valence-electron chi connectivity index (χ2n) is 3.86. The molecular weight excluding hydrogens is 226 g/mol. The van der Waals surface area contributed by atoms with Gasteiger partial charge in [0, 0.05) is 19.5 Å². The van der Waals surface area contributed by atoms with Gasteiger partial charge in [0.2, 0.25) is 5.91 Å². The van der Waals surface area contributed by atoms with Crippen LogP contribution in [0.4, 0.5) is 5.82 Å². The highest BCUT2D eigenvalue weighted by Crippen LogP contribution is 2.21. The Balaban J connectivity index is 2.20. The number of amides is 1. The number of nitrogens with one attached hydrogen (secondary N) is 1. The van der Waals surface area contributed by atoms with Gasteiger partial charge in [-0.2, -0.15) is 4.98 Å². The third-order valence-electron chi connectivity index (χ3n) is 2.40. The summed E-state index contributed by atoms with van der Waals surface area (Å²) in [6.45, 7) is 1.55. The van der Waals surface area contributed by atoms with E-state index >= 15 is 0 Å². The summed E-state index contributed by atoms with van der Waals surface area (Å²) in [4.78, 5) is 26.1. The lowest BCUT2D eigenvalue weighted by Crippen LogP contribution is -2.27. The van der Waals surface area contributed by atoms with Gasteiger partial charge in [0.05, 0.1) is 12.7 Å². The largest absolute Gasteiger partial charge is 0.391 e. The number of hydrogen-bond donors (Lipinski definition) is 2. The van der Waals surface area contributed by atoms with Crippen molar-refractivity contribution in [2.24, 2.45) is 0 Å². The SMILES string of the molecule is CC(=O)Nc1ccn([C@H]2C[C@@H](O)CO2)c(=O)n1. The summed E-state index contributed by atoms with van der Waals surface area (Å²) in [6.07, 6.45) is 0.808. The van der Waals surface area contributed by atoms with Crippen molar-refractivity contribution in [3.05, 3.63) is 22.7 Å². The second kappa shape index (κ2) is 4.64. The van der Waals surface area contributed by atoms with Crippen LogP contribution < -0.4 is 11.0 Å². The van der Waals surface area contributed by atoms with Crippen LogP contribution in [0, 0.1) is 0 Å². The van der Waals surface area contributed by atoms with Crippen molar-refractivity contribution in [3.63, 3.8) is 0 Å². The van der Waals surface area contributed by atoms with Gasteiger partial charge in [-0.15, -0.1) is 0 Å². The molecule has 1 aliphatic rings. The average molecular weight is 239 g/mol. The third kappa shape index (κ3) is 2.69. The minimum absolute atomic E-state index is 0.206. The maximum atomic E-state index is 11.7. The zero-order chi connectivity index (χ0) is 12.4. The monoisotopic (exact) mass is 239 g/mol. The first-order valence-corrected chi connectivity index (χ1v) is 5.22. The summed E-state index contributed by atoms with van der Waals surface area (Å²) in [5.74, 6) is -0.0838. The lowest BCUT2D eigenvalue weighted by Gasteiger charge is -2.12. The predicted molar refractivity (Wildman–Crippen MR) is 58.4 cm³/mol. The summed E-state index contributed by atoms with van der Waals surface area (Å²) in [7, 11) is 0. The van der Waals surface area contributed by atoms with Crippen LogP contribution >= 0.6 is 0 Å². The fourth-order valence-electron chi connectivity index (χ4n) is 1.67. The molecule has 0 bridgehead atoms. The molecular formula is C10H13N3O4. The Bertz CT molecular complexity index is 485. The average Bonchev–Trinajstić information content (AvgIpc) is 2.64. The molecule has 0 spiro atoms. The molecule has 0 aliphatic carbocycles. The van der Waals surface area contributed by atoms with Crippen LogP contribution in [0.2, 0.25) is 0 Å². The Morgan fingerprint density at radius 3 is 3.00 bits per heavy atom. The van der Waals surface area contributed by atoms with Crippen LogP contribution in [-0.2, 0) is 9.53 Å². The molecule has 1 aliphatic heterocycles. The Hall–Kier alpha value is -1.73. The Morgan fingerprint density at radius 1 is 1.71 bits per heavy atom. The van der Waals surface area contributed by atoms with Crippen LogP contribution in [0.5, 0.6) is 0 Å². The number of anilines is 1. The maximum absolute atomic E-state index is 11.7. The summed E-state index contributed by atoms with van der Waals surface area (Å²) in [5.41, 5.74) is -0.518. The van der Waals surface area contributed by atoms with Crippen LogP contribution in [-0.4, -0.2) is 33.3 Å². The summed E-state index contributed by atoms with van der Waals surface area (Å²) in [5, 5.41) is 11.7. The van der Waals surface area contributed by atoms with Crippen molar-refractivity contribution >= 4 is 11.7 Å². The molecule has 0 radical (unpaired) electrons. The molecule has 92 valence electrons. The van der Waals surface area contributed by atoms with E-state index in [-0.39, 0.29) is 18.3 Å². The van der Waals surface area contributed by atoms with Gasteiger partial charge < -0.3 is 15.2 Å². The van der Waals surface area contributed by atoms with Gasteiger partial charge in [-0.3, -0.25) is 9.36 Å². The highest BCUT2D eigenvalue weighted by Gasteiger charge is 2.25. The number of nitrogens with zero attached hydrogens (tertiary/aromatic N) is 2. The Kier molecular flexibility index (Phi) is 3.21. The molecule has 0 unspecified atom stereocenters. The van der Waals surface area contributed by atoms with Crippen molar-refractivity contribution in [1.82, 2.24) is 9.55 Å². The van der Waals surface area contributed by atoms with Crippen molar-refractivity contribution < 1.29 is 14.6 Å². The zero-order valence-corrected chi connectivity index (χ0v) is 9.29. The fraction of sp³-hybridized carbons (Fsp3) is 0.500. The number of ether oxygens (including phenoxy) is 1. The van der Waals surface area contributed by atoms with Crippen LogP contribution in [0.25, 0.3) is 0 Å². The van der Waals surface area contributed by atoms with Gasteiger partial charge in [0.25, 0.3) is 0 Å². The highest BCUT2D eigenvalue weighted by atomic mass is 16.5. The third-order valence-corrected chi connectivity index (χ3v) is 2.40. The first-order chi connectivity index (χ1) is 8.06. The lowest BCUT2D eigenvalue weighted by atomic mass is 10.3. The van der Waals surface area contributed by atoms with Crippen molar-refractivity contribution in [1.29, 1.82) is 0 Å². The fourth-order valence-corrected chi connectivity index (χ4v) is 1.67. The Morgan fingerprint density at radius 2 is 2.47 bits per heavy atom. The quantitative estimate of drug-likeness (QED) is 0.724. The molecule has 2 atom stereocenters. The summed E-state index contributed by atoms with van der Waals surface area (Å²) >= 11 is 0. The molecule has 0 aromatic carbocycles. The van der Waals surface area contributed by atoms with Crippen LogP contribution in [0.3, 0.4) is 0 Å². The molecule has 7 nitrogen and oxygen atoms in total. The van der Waals surface area contributed by atoms with E-state index in [2.05, 4.69) is 10.3 Å². The van der Waals surface area contributed by atoms with Gasteiger partial charge in [-0.05, 0) is 6.07 Å². The molecule has 1 aromatic rings. The van der Waals surface area contributed by atoms with Crippen LogP contribution in [0.1, 0.15) is 19.6 Å². The number of aliphatic hydroxyl groups excluding tert-OH is 1. The summed E-state index contributed by atoms with van der Waals surface area (Å²) in [6, 6.07) is 1.51. The van der Waals surface area contributed by atoms with E-state index in [1.807, 2.05) is 0 Å². The molecule has 1 aromatic heterocycles. The first kappa shape index (κ1) is 11.7. The molecule has 17 heavy (non-hydrogen) atoms. The minimum atomic E-state index is -0.554. The van der Waals surface area contributed by atoms with E-state index in [0.29, 0.717) is 6.42 Å². The highest BCUT2D eigenvalue weighted by molar-refractivity contribution is 5.87. The standard InChI is InChI=1S/C10H13N3O4/c1-6(14)11-8-2-3-13(10(16)12-8)9-4-7(15)5-17-9/h2-3,7,9,15H,4-5H2,1H3,(H,11,12,14,16)/t7-,9-/m1/s1.